The molecule has 2 aromatic heterocycles. The van der Waals surface area contributed by atoms with E-state index in [1.54, 1.807) is 11.8 Å². The minimum absolute atomic E-state index is 0.111. The van der Waals surface area contributed by atoms with Gasteiger partial charge in [-0.2, -0.15) is 5.10 Å². The summed E-state index contributed by atoms with van der Waals surface area (Å²) >= 11 is 0. The number of rotatable bonds is 3. The molecule has 0 spiro atoms. The van der Waals surface area contributed by atoms with Crippen molar-refractivity contribution in [2.45, 2.75) is 19.3 Å². The molecule has 1 atom stereocenters. The average Bonchev–Trinajstić information content (AvgIpc) is 3.16. The number of imidazole rings is 1. The van der Waals surface area contributed by atoms with Crippen LogP contribution in [0.25, 0.3) is 11.4 Å². The van der Waals surface area contributed by atoms with Gasteiger partial charge in [0.15, 0.2) is 0 Å². The van der Waals surface area contributed by atoms with E-state index < -0.39 is 0 Å². The third-order valence-corrected chi connectivity index (χ3v) is 4.80. The van der Waals surface area contributed by atoms with Crippen LogP contribution in [0.4, 0.5) is 0 Å². The van der Waals surface area contributed by atoms with Crippen LogP contribution in [-0.4, -0.2) is 39.3 Å². The maximum atomic E-state index is 12.5. The number of aromatic amines is 1. The van der Waals surface area contributed by atoms with Crippen molar-refractivity contribution in [3.8, 4) is 17.1 Å². The van der Waals surface area contributed by atoms with Crippen LogP contribution in [0.5, 0.6) is 5.75 Å². The monoisotopic (exact) mass is 351 g/mol. The molecule has 134 valence electrons. The summed E-state index contributed by atoms with van der Waals surface area (Å²) in [4.78, 5) is 20.4. The SMILES string of the molecule is COc1ccccc1[C@@H]1CNC(=O)c2nc(-c3cn(C)nc3C)[nH]c2C1. The van der Waals surface area contributed by atoms with Gasteiger partial charge in [0.2, 0.25) is 0 Å². The molecular weight excluding hydrogens is 330 g/mol. The van der Waals surface area contributed by atoms with E-state index in [4.69, 9.17) is 4.74 Å². The Hall–Kier alpha value is -3.09. The van der Waals surface area contributed by atoms with Crippen molar-refractivity contribution in [1.29, 1.82) is 0 Å². The van der Waals surface area contributed by atoms with Crippen molar-refractivity contribution < 1.29 is 9.53 Å². The fraction of sp³-hybridized carbons (Fsp3) is 0.316. The molecule has 3 heterocycles. The molecule has 1 aliphatic rings. The Morgan fingerprint density at radius 1 is 1.31 bits per heavy atom. The van der Waals surface area contributed by atoms with Gasteiger partial charge in [-0.3, -0.25) is 9.48 Å². The summed E-state index contributed by atoms with van der Waals surface area (Å²) in [6, 6.07) is 7.93. The molecular formula is C19H21N5O2. The van der Waals surface area contributed by atoms with Gasteiger partial charge in [0.1, 0.15) is 17.3 Å². The molecule has 0 saturated heterocycles. The quantitative estimate of drug-likeness (QED) is 0.758. The molecule has 0 unspecified atom stereocenters. The lowest BCUT2D eigenvalue weighted by molar-refractivity contribution is 0.0950. The molecule has 1 aliphatic heterocycles. The summed E-state index contributed by atoms with van der Waals surface area (Å²) in [7, 11) is 3.54. The van der Waals surface area contributed by atoms with Crippen LogP contribution in [-0.2, 0) is 13.5 Å². The predicted molar refractivity (Wildman–Crippen MR) is 97.3 cm³/mol. The number of carbonyl (C=O) groups excluding carboxylic acids is 1. The van der Waals surface area contributed by atoms with Crippen LogP contribution < -0.4 is 10.1 Å². The van der Waals surface area contributed by atoms with E-state index in [1.165, 1.54) is 0 Å². The summed E-state index contributed by atoms with van der Waals surface area (Å²) in [5.74, 6) is 1.47. The second-order valence-electron chi connectivity index (χ2n) is 6.57. The largest absolute Gasteiger partial charge is 0.496 e. The molecule has 4 rings (SSSR count). The van der Waals surface area contributed by atoms with Gasteiger partial charge in [-0.05, 0) is 25.0 Å². The van der Waals surface area contributed by atoms with E-state index in [0.717, 1.165) is 28.3 Å². The first kappa shape index (κ1) is 16.4. The number of nitrogens with zero attached hydrogens (tertiary/aromatic N) is 3. The molecule has 2 N–H and O–H groups in total. The fourth-order valence-electron chi connectivity index (χ4n) is 3.55. The smallest absolute Gasteiger partial charge is 0.271 e. The normalized spacial score (nSPS) is 16.7. The van der Waals surface area contributed by atoms with Crippen LogP contribution >= 0.6 is 0 Å². The standard InChI is InChI=1S/C19H21N5O2/c1-11-14(10-24(2)23-11)18-21-15-8-12(9-20-19(25)17(15)22-18)13-6-4-5-7-16(13)26-3/h4-7,10,12H,8-9H2,1-3H3,(H,20,25)(H,21,22)/t12-/m0/s1. The number of aromatic nitrogens is 4. The van der Waals surface area contributed by atoms with Gasteiger partial charge in [-0.1, -0.05) is 18.2 Å². The molecule has 0 fully saturated rings. The Kier molecular flexibility index (Phi) is 3.99. The zero-order valence-corrected chi connectivity index (χ0v) is 15.0. The lowest BCUT2D eigenvalue weighted by atomic mass is 9.93. The highest BCUT2D eigenvalue weighted by Crippen LogP contribution is 2.32. The van der Waals surface area contributed by atoms with Gasteiger partial charge in [-0.25, -0.2) is 4.98 Å². The Morgan fingerprint density at radius 2 is 2.12 bits per heavy atom. The van der Waals surface area contributed by atoms with Gasteiger partial charge >= 0.3 is 0 Å². The van der Waals surface area contributed by atoms with E-state index in [0.29, 0.717) is 24.5 Å². The number of nitrogens with one attached hydrogen (secondary N) is 2. The first-order valence-corrected chi connectivity index (χ1v) is 8.57. The third kappa shape index (κ3) is 2.75. The van der Waals surface area contributed by atoms with E-state index in [9.17, 15) is 4.79 Å². The number of fused-ring (bicyclic) bond motifs is 1. The fourth-order valence-corrected chi connectivity index (χ4v) is 3.55. The summed E-state index contributed by atoms with van der Waals surface area (Å²) in [5.41, 5.74) is 4.16. The van der Waals surface area contributed by atoms with Crippen LogP contribution in [0.3, 0.4) is 0 Å². The summed E-state index contributed by atoms with van der Waals surface area (Å²) < 4.78 is 7.24. The number of H-pyrrole nitrogens is 1. The molecule has 7 nitrogen and oxygen atoms in total. The van der Waals surface area contributed by atoms with Crippen molar-refractivity contribution in [2.75, 3.05) is 13.7 Å². The maximum absolute atomic E-state index is 12.5. The van der Waals surface area contributed by atoms with Crippen molar-refractivity contribution in [3.05, 3.63) is 53.1 Å². The number of benzene rings is 1. The van der Waals surface area contributed by atoms with Crippen molar-refractivity contribution >= 4 is 5.91 Å². The number of methoxy groups -OCH3 is 1. The minimum atomic E-state index is -0.151. The van der Waals surface area contributed by atoms with Crippen LogP contribution in [0.15, 0.2) is 30.5 Å². The number of aryl methyl sites for hydroxylation is 2. The molecule has 1 aromatic carbocycles. The number of para-hydroxylation sites is 1. The van der Waals surface area contributed by atoms with Gasteiger partial charge < -0.3 is 15.0 Å². The molecule has 7 heteroatoms. The molecule has 3 aromatic rings. The topological polar surface area (TPSA) is 84.8 Å². The number of hydrogen-bond donors (Lipinski definition) is 2. The van der Waals surface area contributed by atoms with Gasteiger partial charge in [0.25, 0.3) is 5.91 Å². The Balaban J connectivity index is 1.73. The van der Waals surface area contributed by atoms with E-state index >= 15 is 0 Å². The zero-order chi connectivity index (χ0) is 18.3. The number of carbonyl (C=O) groups is 1. The van der Waals surface area contributed by atoms with Crippen LogP contribution in [0, 0.1) is 6.92 Å². The van der Waals surface area contributed by atoms with E-state index in [2.05, 4.69) is 20.4 Å². The molecule has 0 saturated carbocycles. The number of ether oxygens (including phenoxy) is 1. The van der Waals surface area contributed by atoms with Gasteiger partial charge in [0.05, 0.1) is 18.4 Å². The van der Waals surface area contributed by atoms with Gasteiger partial charge in [0, 0.05) is 31.4 Å². The molecule has 0 bridgehead atoms. The number of hydrogen-bond acceptors (Lipinski definition) is 4. The summed E-state index contributed by atoms with van der Waals surface area (Å²) in [6.07, 6.45) is 2.59. The van der Waals surface area contributed by atoms with E-state index in [1.807, 2.05) is 44.4 Å². The highest BCUT2D eigenvalue weighted by molar-refractivity contribution is 5.94. The number of amides is 1. The maximum Gasteiger partial charge on any atom is 0.271 e. The second-order valence-corrected chi connectivity index (χ2v) is 6.57. The zero-order valence-electron chi connectivity index (χ0n) is 15.0. The predicted octanol–water partition coefficient (Wildman–Crippen LogP) is 2.20. The van der Waals surface area contributed by atoms with Crippen molar-refractivity contribution in [2.24, 2.45) is 7.05 Å². The Morgan fingerprint density at radius 3 is 2.85 bits per heavy atom. The minimum Gasteiger partial charge on any atom is -0.496 e. The Labute approximate surface area is 151 Å². The summed E-state index contributed by atoms with van der Waals surface area (Å²) in [5, 5.41) is 7.34. The summed E-state index contributed by atoms with van der Waals surface area (Å²) in [6.45, 7) is 2.48. The van der Waals surface area contributed by atoms with Crippen LogP contribution in [0.1, 0.15) is 33.4 Å². The van der Waals surface area contributed by atoms with E-state index in [-0.39, 0.29) is 11.8 Å². The Bertz CT molecular complexity index is 972. The molecule has 0 aliphatic carbocycles. The average molecular weight is 351 g/mol. The van der Waals surface area contributed by atoms with Gasteiger partial charge in [-0.15, -0.1) is 0 Å². The van der Waals surface area contributed by atoms with Crippen LogP contribution in [0.2, 0.25) is 0 Å². The molecule has 26 heavy (non-hydrogen) atoms. The first-order chi connectivity index (χ1) is 12.6. The highest BCUT2D eigenvalue weighted by Gasteiger charge is 2.28. The van der Waals surface area contributed by atoms with Crippen molar-refractivity contribution in [1.82, 2.24) is 25.1 Å². The lowest BCUT2D eigenvalue weighted by Gasteiger charge is -2.17. The van der Waals surface area contributed by atoms with Crippen molar-refractivity contribution in [3.63, 3.8) is 0 Å². The molecule has 0 radical (unpaired) electrons. The third-order valence-electron chi connectivity index (χ3n) is 4.80. The first-order valence-electron chi connectivity index (χ1n) is 8.57. The lowest BCUT2D eigenvalue weighted by Crippen LogP contribution is -2.26. The highest BCUT2D eigenvalue weighted by atomic mass is 16.5. The second kappa shape index (κ2) is 6.33. The molecule has 1 amide bonds.